The van der Waals surface area contributed by atoms with E-state index in [1.807, 2.05) is 0 Å². The highest BCUT2D eigenvalue weighted by Gasteiger charge is 2.10. The zero-order valence-electron chi connectivity index (χ0n) is 12.3. The Kier molecular flexibility index (Phi) is 3.31. The third-order valence-corrected chi connectivity index (χ3v) is 3.83. The first kappa shape index (κ1) is 12.9. The fourth-order valence-corrected chi connectivity index (χ4v) is 2.57. The second-order valence-corrected chi connectivity index (χ2v) is 5.72. The second kappa shape index (κ2) is 5.12. The molecule has 0 saturated carbocycles. The number of aromatic amines is 1. The van der Waals surface area contributed by atoms with Gasteiger partial charge in [-0.3, -0.25) is 0 Å². The van der Waals surface area contributed by atoms with Crippen molar-refractivity contribution in [1.29, 1.82) is 0 Å². The summed E-state index contributed by atoms with van der Waals surface area (Å²) < 4.78 is 0. The van der Waals surface area contributed by atoms with Crippen LogP contribution in [0.25, 0.3) is 11.0 Å². The van der Waals surface area contributed by atoms with E-state index < -0.39 is 0 Å². The van der Waals surface area contributed by atoms with E-state index >= 15 is 0 Å². The van der Waals surface area contributed by atoms with Gasteiger partial charge in [-0.2, -0.15) is 0 Å². The van der Waals surface area contributed by atoms with Gasteiger partial charge >= 0.3 is 0 Å². The van der Waals surface area contributed by atoms with Crippen LogP contribution in [0.1, 0.15) is 35.4 Å². The number of hydrogen-bond donors (Lipinski definition) is 1. The van der Waals surface area contributed by atoms with Crippen molar-refractivity contribution in [2.24, 2.45) is 0 Å². The molecule has 0 aliphatic rings. The number of benzene rings is 2. The highest BCUT2D eigenvalue weighted by atomic mass is 14.9. The predicted octanol–water partition coefficient (Wildman–Crippen LogP) is 4.53. The fraction of sp³-hybridized carbons (Fsp3) is 0.278. The molecule has 2 nitrogen and oxygen atoms in total. The average Bonchev–Trinajstić information content (AvgIpc) is 2.80. The van der Waals surface area contributed by atoms with Crippen molar-refractivity contribution in [3.63, 3.8) is 0 Å². The number of nitrogens with zero attached hydrogens (tertiary/aromatic N) is 1. The van der Waals surface area contributed by atoms with E-state index in [9.17, 15) is 0 Å². The molecule has 3 rings (SSSR count). The van der Waals surface area contributed by atoms with Crippen molar-refractivity contribution in [3.8, 4) is 0 Å². The Labute approximate surface area is 119 Å². The molecular formula is C18H20N2. The molecule has 0 aliphatic carbocycles. The largest absolute Gasteiger partial charge is 0.342 e. The Morgan fingerprint density at radius 2 is 1.70 bits per heavy atom. The van der Waals surface area contributed by atoms with Gasteiger partial charge in [-0.15, -0.1) is 0 Å². The molecule has 0 radical (unpaired) electrons. The first-order valence-electron chi connectivity index (χ1n) is 7.13. The van der Waals surface area contributed by atoms with Gasteiger partial charge < -0.3 is 4.98 Å². The normalized spacial score (nSPS) is 12.8. The molecule has 1 heterocycles. The lowest BCUT2D eigenvalue weighted by molar-refractivity contribution is 0.729. The Balaban J connectivity index is 1.83. The summed E-state index contributed by atoms with van der Waals surface area (Å²) in [6.07, 6.45) is 0.941. The van der Waals surface area contributed by atoms with Crippen LogP contribution in [-0.2, 0) is 6.42 Å². The maximum Gasteiger partial charge on any atom is 0.107 e. The highest BCUT2D eigenvalue weighted by Crippen LogP contribution is 2.21. The highest BCUT2D eigenvalue weighted by molar-refractivity contribution is 5.75. The van der Waals surface area contributed by atoms with E-state index in [0.29, 0.717) is 5.92 Å². The predicted molar refractivity (Wildman–Crippen MR) is 84.1 cm³/mol. The Morgan fingerprint density at radius 1 is 1.00 bits per heavy atom. The third kappa shape index (κ3) is 2.60. The average molecular weight is 264 g/mol. The second-order valence-electron chi connectivity index (χ2n) is 5.72. The lowest BCUT2D eigenvalue weighted by atomic mass is 9.97. The molecule has 1 atom stereocenters. The zero-order valence-corrected chi connectivity index (χ0v) is 12.3. The van der Waals surface area contributed by atoms with Crippen molar-refractivity contribution >= 4 is 11.0 Å². The van der Waals surface area contributed by atoms with Crippen LogP contribution in [0.3, 0.4) is 0 Å². The van der Waals surface area contributed by atoms with Crippen molar-refractivity contribution in [2.75, 3.05) is 0 Å². The fourth-order valence-electron chi connectivity index (χ4n) is 2.57. The van der Waals surface area contributed by atoms with Crippen molar-refractivity contribution in [1.82, 2.24) is 9.97 Å². The first-order valence-corrected chi connectivity index (χ1v) is 7.13. The van der Waals surface area contributed by atoms with Crippen molar-refractivity contribution in [2.45, 2.75) is 33.1 Å². The summed E-state index contributed by atoms with van der Waals surface area (Å²) >= 11 is 0. The molecule has 1 unspecified atom stereocenters. The van der Waals surface area contributed by atoms with Gasteiger partial charge in [-0.05, 0) is 43.0 Å². The molecular weight excluding hydrogens is 244 g/mol. The summed E-state index contributed by atoms with van der Waals surface area (Å²) in [6.45, 7) is 6.47. The lowest BCUT2D eigenvalue weighted by Gasteiger charge is -2.10. The van der Waals surface area contributed by atoms with E-state index in [0.717, 1.165) is 23.3 Å². The van der Waals surface area contributed by atoms with Crippen LogP contribution in [0, 0.1) is 13.8 Å². The van der Waals surface area contributed by atoms with Gasteiger partial charge in [-0.1, -0.05) is 42.8 Å². The standard InChI is InChI=1S/C18H20N2/c1-12-4-7-15(8-5-12)14(3)11-18-19-16-9-6-13(2)10-17(16)20-18/h4-10,14H,11H2,1-3H3,(H,19,20). The number of imidazole rings is 1. The number of hydrogen-bond acceptors (Lipinski definition) is 1. The molecule has 3 aromatic rings. The minimum Gasteiger partial charge on any atom is -0.342 e. The maximum absolute atomic E-state index is 4.70. The summed E-state index contributed by atoms with van der Waals surface area (Å²) in [5.41, 5.74) is 6.12. The van der Waals surface area contributed by atoms with Gasteiger partial charge in [0.15, 0.2) is 0 Å². The smallest absolute Gasteiger partial charge is 0.107 e. The first-order chi connectivity index (χ1) is 9.61. The molecule has 2 aromatic carbocycles. The number of aromatic nitrogens is 2. The number of nitrogens with one attached hydrogen (secondary N) is 1. The summed E-state index contributed by atoms with van der Waals surface area (Å²) in [4.78, 5) is 8.12. The molecule has 1 N–H and O–H groups in total. The molecule has 0 bridgehead atoms. The SMILES string of the molecule is Cc1ccc(C(C)Cc2nc3cc(C)ccc3[nH]2)cc1. The molecule has 0 fully saturated rings. The van der Waals surface area contributed by atoms with Gasteiger partial charge in [-0.25, -0.2) is 4.98 Å². The zero-order chi connectivity index (χ0) is 14.1. The van der Waals surface area contributed by atoms with Crippen LogP contribution in [0.2, 0.25) is 0 Å². The van der Waals surface area contributed by atoms with E-state index in [1.54, 1.807) is 0 Å². The molecule has 20 heavy (non-hydrogen) atoms. The van der Waals surface area contributed by atoms with Crippen molar-refractivity contribution < 1.29 is 0 Å². The molecule has 0 spiro atoms. The molecule has 0 aliphatic heterocycles. The Hall–Kier alpha value is -2.09. The van der Waals surface area contributed by atoms with E-state index in [4.69, 9.17) is 4.98 Å². The third-order valence-electron chi connectivity index (χ3n) is 3.83. The number of H-pyrrole nitrogens is 1. The van der Waals surface area contributed by atoms with Gasteiger partial charge in [0.2, 0.25) is 0 Å². The van der Waals surface area contributed by atoms with Crippen LogP contribution in [0.15, 0.2) is 42.5 Å². The van der Waals surface area contributed by atoms with Gasteiger partial charge in [0.1, 0.15) is 5.82 Å². The van der Waals surface area contributed by atoms with Crippen LogP contribution in [0.5, 0.6) is 0 Å². The molecule has 0 amide bonds. The number of rotatable bonds is 3. The van der Waals surface area contributed by atoms with Crippen molar-refractivity contribution in [3.05, 3.63) is 65.0 Å². The summed E-state index contributed by atoms with van der Waals surface area (Å²) in [6, 6.07) is 15.1. The summed E-state index contributed by atoms with van der Waals surface area (Å²) in [7, 11) is 0. The van der Waals surface area contributed by atoms with Crippen LogP contribution >= 0.6 is 0 Å². The molecule has 2 heteroatoms. The van der Waals surface area contributed by atoms with E-state index in [1.165, 1.54) is 16.7 Å². The van der Waals surface area contributed by atoms with Crippen LogP contribution < -0.4 is 0 Å². The number of fused-ring (bicyclic) bond motifs is 1. The molecule has 0 saturated heterocycles. The summed E-state index contributed by atoms with van der Waals surface area (Å²) in [5.74, 6) is 1.54. The van der Waals surface area contributed by atoms with Crippen LogP contribution in [-0.4, -0.2) is 9.97 Å². The lowest BCUT2D eigenvalue weighted by Crippen LogP contribution is -2.00. The minimum atomic E-state index is 0.470. The minimum absolute atomic E-state index is 0.470. The topological polar surface area (TPSA) is 28.7 Å². The molecule has 102 valence electrons. The Morgan fingerprint density at radius 3 is 2.45 bits per heavy atom. The van der Waals surface area contributed by atoms with Gasteiger partial charge in [0, 0.05) is 6.42 Å². The van der Waals surface area contributed by atoms with Crippen LogP contribution in [0.4, 0.5) is 0 Å². The quantitative estimate of drug-likeness (QED) is 0.740. The van der Waals surface area contributed by atoms with E-state index in [-0.39, 0.29) is 0 Å². The maximum atomic E-state index is 4.70. The van der Waals surface area contributed by atoms with Gasteiger partial charge in [0.05, 0.1) is 11.0 Å². The monoisotopic (exact) mass is 264 g/mol. The number of aryl methyl sites for hydroxylation is 2. The molecule has 1 aromatic heterocycles. The van der Waals surface area contributed by atoms with E-state index in [2.05, 4.69) is 68.2 Å². The van der Waals surface area contributed by atoms with Gasteiger partial charge in [0.25, 0.3) is 0 Å². The Bertz CT molecular complexity index is 723. The summed E-state index contributed by atoms with van der Waals surface area (Å²) in [5, 5.41) is 0.